The van der Waals surface area contributed by atoms with E-state index >= 15 is 0 Å². The van der Waals surface area contributed by atoms with Crippen LogP contribution in [0.1, 0.15) is 25.0 Å². The van der Waals surface area contributed by atoms with Crippen molar-refractivity contribution in [3.63, 3.8) is 0 Å². The molecule has 0 spiro atoms. The van der Waals surface area contributed by atoms with Gasteiger partial charge < -0.3 is 13.9 Å². The van der Waals surface area contributed by atoms with Crippen molar-refractivity contribution in [2.24, 2.45) is 0 Å². The van der Waals surface area contributed by atoms with Gasteiger partial charge in [0.05, 0.1) is 11.7 Å². The molecule has 0 fully saturated rings. The van der Waals surface area contributed by atoms with Gasteiger partial charge in [0.25, 0.3) is 0 Å². The first-order valence-electron chi connectivity index (χ1n) is 11.9. The van der Waals surface area contributed by atoms with Gasteiger partial charge in [-0.05, 0) is 42.7 Å². The molecule has 2 heterocycles. The molecule has 1 N–H and O–H groups in total. The van der Waals surface area contributed by atoms with Gasteiger partial charge in [0.1, 0.15) is 12.3 Å². The zero-order valence-electron chi connectivity index (χ0n) is 19.8. The zero-order chi connectivity index (χ0) is 24.4. The SMILES string of the molecule is CC(C)OC(=O)[C@@H](Cc1ccccc1)[NH+]1COc2ccc3c(-c4ccccc4)cc(=O)oc3c2C1. The minimum atomic E-state index is -0.466. The standard InChI is InChI=1S/C29H27NO5/c1-19(2)34-29(32)25(15-20-9-5-3-6-10-20)30-17-24-26(33-18-30)14-13-22-23(16-27(31)35-28(22)24)21-11-7-4-8-12-21/h3-14,16,19,25H,15,17-18H2,1-2H3/p+1/t25-/m1/s1. The predicted octanol–water partition coefficient (Wildman–Crippen LogP) is 3.76. The van der Waals surface area contributed by atoms with E-state index in [9.17, 15) is 9.59 Å². The maximum absolute atomic E-state index is 13.2. The third kappa shape index (κ3) is 4.84. The van der Waals surface area contributed by atoms with Crippen molar-refractivity contribution < 1.29 is 23.6 Å². The molecule has 1 aliphatic rings. The van der Waals surface area contributed by atoms with Crippen LogP contribution in [-0.4, -0.2) is 24.8 Å². The van der Waals surface area contributed by atoms with Gasteiger partial charge >= 0.3 is 11.6 Å². The van der Waals surface area contributed by atoms with Gasteiger partial charge in [-0.25, -0.2) is 9.59 Å². The number of quaternary nitrogens is 1. The van der Waals surface area contributed by atoms with Gasteiger partial charge in [-0.1, -0.05) is 60.7 Å². The van der Waals surface area contributed by atoms with Crippen LogP contribution in [0.3, 0.4) is 0 Å². The predicted molar refractivity (Wildman–Crippen MR) is 133 cm³/mol. The van der Waals surface area contributed by atoms with Crippen LogP contribution in [-0.2, 0) is 22.5 Å². The summed E-state index contributed by atoms with van der Waals surface area (Å²) in [5.74, 6) is 0.405. The van der Waals surface area contributed by atoms with E-state index in [0.717, 1.165) is 32.5 Å². The molecular formula is C29H28NO5+. The summed E-state index contributed by atoms with van der Waals surface area (Å²) < 4.78 is 17.4. The van der Waals surface area contributed by atoms with Crippen molar-refractivity contribution in [3.05, 3.63) is 100 Å². The molecule has 0 radical (unpaired) electrons. The molecule has 4 aromatic rings. The van der Waals surface area contributed by atoms with Crippen molar-refractivity contribution in [1.29, 1.82) is 0 Å². The van der Waals surface area contributed by atoms with Crippen LogP contribution < -0.4 is 15.3 Å². The maximum atomic E-state index is 13.2. The monoisotopic (exact) mass is 470 g/mol. The highest BCUT2D eigenvalue weighted by Gasteiger charge is 2.36. The van der Waals surface area contributed by atoms with Crippen LogP contribution in [0.25, 0.3) is 22.1 Å². The number of hydrogen-bond donors (Lipinski definition) is 1. The highest BCUT2D eigenvalue weighted by molar-refractivity contribution is 5.95. The second kappa shape index (κ2) is 9.76. The number of fused-ring (bicyclic) bond motifs is 3. The van der Waals surface area contributed by atoms with Gasteiger partial charge in [0.2, 0.25) is 6.73 Å². The number of carbonyl (C=O) groups excluding carboxylic acids is 1. The largest absolute Gasteiger partial charge is 0.459 e. The van der Waals surface area contributed by atoms with Crippen LogP contribution in [0.5, 0.6) is 5.75 Å². The fraction of sp³-hybridized carbons (Fsp3) is 0.241. The summed E-state index contributed by atoms with van der Waals surface area (Å²) in [5.41, 5.74) is 3.67. The van der Waals surface area contributed by atoms with E-state index in [1.54, 1.807) is 0 Å². The maximum Gasteiger partial charge on any atom is 0.365 e. The molecule has 6 heteroatoms. The molecule has 0 saturated carbocycles. The molecule has 3 aromatic carbocycles. The lowest BCUT2D eigenvalue weighted by Crippen LogP contribution is -3.17. The highest BCUT2D eigenvalue weighted by Crippen LogP contribution is 2.34. The molecule has 35 heavy (non-hydrogen) atoms. The smallest absolute Gasteiger partial charge is 0.365 e. The third-order valence-corrected chi connectivity index (χ3v) is 6.29. The molecule has 6 nitrogen and oxygen atoms in total. The fourth-order valence-corrected chi connectivity index (χ4v) is 4.65. The summed E-state index contributed by atoms with van der Waals surface area (Å²) in [6, 6.07) is 24.6. The average Bonchev–Trinajstić information content (AvgIpc) is 2.87. The van der Waals surface area contributed by atoms with Gasteiger partial charge in [0.15, 0.2) is 11.6 Å². The molecule has 1 unspecified atom stereocenters. The first-order chi connectivity index (χ1) is 17.0. The summed E-state index contributed by atoms with van der Waals surface area (Å²) in [6.07, 6.45) is 0.301. The average molecular weight is 471 g/mol. The number of ether oxygens (including phenoxy) is 2. The minimum Gasteiger partial charge on any atom is -0.459 e. The highest BCUT2D eigenvalue weighted by atomic mass is 16.5. The van der Waals surface area contributed by atoms with E-state index in [1.165, 1.54) is 6.07 Å². The van der Waals surface area contributed by atoms with E-state index < -0.39 is 11.7 Å². The summed E-state index contributed by atoms with van der Waals surface area (Å²) in [4.78, 5) is 26.6. The van der Waals surface area contributed by atoms with Crippen molar-refractivity contribution in [2.75, 3.05) is 6.73 Å². The van der Waals surface area contributed by atoms with Gasteiger partial charge in [0, 0.05) is 17.9 Å². The second-order valence-electron chi connectivity index (χ2n) is 9.12. The van der Waals surface area contributed by atoms with Crippen molar-refractivity contribution in [1.82, 2.24) is 0 Å². The summed E-state index contributed by atoms with van der Waals surface area (Å²) >= 11 is 0. The lowest BCUT2D eigenvalue weighted by molar-refractivity contribution is -0.948. The number of benzene rings is 3. The Hall–Kier alpha value is -3.90. The summed E-state index contributed by atoms with van der Waals surface area (Å²) in [5, 5.41) is 0.837. The number of esters is 1. The Morgan fingerprint density at radius 2 is 1.71 bits per heavy atom. The van der Waals surface area contributed by atoms with Crippen molar-refractivity contribution in [3.8, 4) is 16.9 Å². The van der Waals surface area contributed by atoms with Crippen molar-refractivity contribution >= 4 is 16.9 Å². The lowest BCUT2D eigenvalue weighted by Gasteiger charge is -2.32. The number of rotatable bonds is 6. The Labute approximate surface area is 203 Å². The van der Waals surface area contributed by atoms with Gasteiger partial charge in [-0.3, -0.25) is 4.90 Å². The molecule has 2 atom stereocenters. The first kappa shape index (κ1) is 22.9. The van der Waals surface area contributed by atoms with E-state index in [1.807, 2.05) is 86.6 Å². The minimum absolute atomic E-state index is 0.217. The van der Waals surface area contributed by atoms with Gasteiger partial charge in [-0.15, -0.1) is 0 Å². The van der Waals surface area contributed by atoms with Crippen LogP contribution >= 0.6 is 0 Å². The molecule has 1 aromatic heterocycles. The Balaban J connectivity index is 1.55. The first-order valence-corrected chi connectivity index (χ1v) is 11.9. The fourth-order valence-electron chi connectivity index (χ4n) is 4.65. The van der Waals surface area contributed by atoms with Gasteiger partial charge in [-0.2, -0.15) is 0 Å². The molecule has 178 valence electrons. The van der Waals surface area contributed by atoms with E-state index in [4.69, 9.17) is 13.9 Å². The van der Waals surface area contributed by atoms with E-state index in [0.29, 0.717) is 31.0 Å². The molecule has 1 aliphatic heterocycles. The summed E-state index contributed by atoms with van der Waals surface area (Å²) in [7, 11) is 0. The van der Waals surface area contributed by atoms with E-state index in [2.05, 4.69) is 0 Å². The molecule has 0 bridgehead atoms. The summed E-state index contributed by atoms with van der Waals surface area (Å²) in [6.45, 7) is 4.48. The quantitative estimate of drug-likeness (QED) is 0.343. The zero-order valence-corrected chi connectivity index (χ0v) is 19.8. The molecule has 5 rings (SSSR count). The van der Waals surface area contributed by atoms with Crippen molar-refractivity contribution in [2.45, 2.75) is 39.0 Å². The normalized spacial score (nSPS) is 15.9. The molecule has 0 aliphatic carbocycles. The number of nitrogens with one attached hydrogen (secondary N) is 1. The number of hydrogen-bond acceptors (Lipinski definition) is 5. The second-order valence-corrected chi connectivity index (χ2v) is 9.12. The number of carbonyl (C=O) groups is 1. The van der Waals surface area contributed by atoms with Crippen LogP contribution in [0.15, 0.2) is 88.1 Å². The van der Waals surface area contributed by atoms with E-state index in [-0.39, 0.29) is 12.1 Å². The van der Waals surface area contributed by atoms with Crippen LogP contribution in [0.2, 0.25) is 0 Å². The Morgan fingerprint density at radius 1 is 1.00 bits per heavy atom. The Morgan fingerprint density at radius 3 is 2.43 bits per heavy atom. The Bertz CT molecular complexity index is 1400. The molecule has 0 saturated heterocycles. The topological polar surface area (TPSA) is 70.2 Å². The molecular weight excluding hydrogens is 442 g/mol. The Kier molecular flexibility index (Phi) is 6.38. The molecule has 0 amide bonds. The third-order valence-electron chi connectivity index (χ3n) is 6.29. The lowest BCUT2D eigenvalue weighted by atomic mass is 9.98. The van der Waals surface area contributed by atoms with Crippen LogP contribution in [0.4, 0.5) is 0 Å². The van der Waals surface area contributed by atoms with Crippen LogP contribution in [0, 0.1) is 0 Å².